The van der Waals surface area contributed by atoms with E-state index in [1.807, 2.05) is 18.2 Å². The minimum absolute atomic E-state index is 0.00555. The van der Waals surface area contributed by atoms with Crippen LogP contribution in [0, 0.1) is 5.92 Å². The van der Waals surface area contributed by atoms with Crippen LogP contribution in [0.5, 0.6) is 5.75 Å². The summed E-state index contributed by atoms with van der Waals surface area (Å²) in [5, 5.41) is 12.4. The molecule has 1 aromatic heterocycles. The molecule has 1 aliphatic heterocycles. The van der Waals surface area contributed by atoms with Crippen molar-refractivity contribution in [2.45, 2.75) is 31.7 Å². The number of rotatable bonds is 5. The van der Waals surface area contributed by atoms with Gasteiger partial charge in [0.2, 0.25) is 0 Å². The number of nitrogens with one attached hydrogen (secondary N) is 1. The number of nitrogens with zero attached hydrogens (tertiary/aromatic N) is 2. The first-order valence-electron chi connectivity index (χ1n) is 8.97. The second-order valence-corrected chi connectivity index (χ2v) is 7.12. The number of hydrogen-bond acceptors (Lipinski definition) is 4. The number of anilines is 1. The lowest BCUT2D eigenvalue weighted by molar-refractivity contribution is 0.0951. The standard InChI is InChI=1S/C20H23N3O2/c24-18-5-1-14(2-6-18)11-15-8-10-23(13-15)19-12-16(7-9-21-19)20(25)22-17-3-4-17/h1-2,5-7,9,12,15,17,24H,3-4,8,10-11,13H2,(H,22,25). The van der Waals surface area contributed by atoms with E-state index >= 15 is 0 Å². The third kappa shape index (κ3) is 3.92. The van der Waals surface area contributed by atoms with Gasteiger partial charge in [-0.3, -0.25) is 4.79 Å². The maximum atomic E-state index is 12.2. The highest BCUT2D eigenvalue weighted by Gasteiger charge is 2.26. The average molecular weight is 337 g/mol. The average Bonchev–Trinajstić information content (AvgIpc) is 3.32. The van der Waals surface area contributed by atoms with Crippen molar-refractivity contribution in [2.24, 2.45) is 5.92 Å². The Bertz CT molecular complexity index is 756. The highest BCUT2D eigenvalue weighted by Crippen LogP contribution is 2.26. The number of aromatic nitrogens is 1. The Kier molecular flexibility index (Phi) is 4.30. The van der Waals surface area contributed by atoms with E-state index in [-0.39, 0.29) is 5.91 Å². The first kappa shape index (κ1) is 15.9. The Hall–Kier alpha value is -2.56. The van der Waals surface area contributed by atoms with Crippen LogP contribution in [0.25, 0.3) is 0 Å². The fourth-order valence-corrected chi connectivity index (χ4v) is 3.40. The van der Waals surface area contributed by atoms with Gasteiger partial charge in [0.1, 0.15) is 11.6 Å². The molecule has 0 spiro atoms. The molecule has 2 N–H and O–H groups in total. The van der Waals surface area contributed by atoms with Crippen LogP contribution in [0.3, 0.4) is 0 Å². The molecule has 1 aromatic carbocycles. The summed E-state index contributed by atoms with van der Waals surface area (Å²) >= 11 is 0. The summed E-state index contributed by atoms with van der Waals surface area (Å²) in [6.45, 7) is 1.91. The van der Waals surface area contributed by atoms with Crippen LogP contribution in [-0.2, 0) is 6.42 Å². The summed E-state index contributed by atoms with van der Waals surface area (Å²) in [6.07, 6.45) is 6.02. The number of carbonyl (C=O) groups excluding carboxylic acids is 1. The Morgan fingerprint density at radius 1 is 1.20 bits per heavy atom. The molecule has 4 rings (SSSR count). The lowest BCUT2D eigenvalue weighted by atomic mass is 9.99. The normalized spacial score (nSPS) is 19.8. The van der Waals surface area contributed by atoms with E-state index in [1.54, 1.807) is 24.4 Å². The smallest absolute Gasteiger partial charge is 0.251 e. The highest BCUT2D eigenvalue weighted by atomic mass is 16.3. The first-order valence-corrected chi connectivity index (χ1v) is 8.97. The van der Waals surface area contributed by atoms with Gasteiger partial charge >= 0.3 is 0 Å². The molecule has 25 heavy (non-hydrogen) atoms. The molecule has 2 fully saturated rings. The van der Waals surface area contributed by atoms with Gasteiger partial charge in [-0.05, 0) is 61.4 Å². The fourth-order valence-electron chi connectivity index (χ4n) is 3.40. The van der Waals surface area contributed by atoms with Crippen LogP contribution >= 0.6 is 0 Å². The van der Waals surface area contributed by atoms with Gasteiger partial charge in [0.05, 0.1) is 0 Å². The van der Waals surface area contributed by atoms with Crippen LogP contribution in [0.4, 0.5) is 5.82 Å². The second-order valence-electron chi connectivity index (χ2n) is 7.12. The maximum absolute atomic E-state index is 12.2. The van der Waals surface area contributed by atoms with Crippen molar-refractivity contribution in [3.8, 4) is 5.75 Å². The molecule has 0 radical (unpaired) electrons. The molecule has 1 unspecified atom stereocenters. The zero-order valence-corrected chi connectivity index (χ0v) is 14.2. The van der Waals surface area contributed by atoms with Gasteiger partial charge in [-0.15, -0.1) is 0 Å². The van der Waals surface area contributed by atoms with Gasteiger partial charge in [-0.2, -0.15) is 0 Å². The molecule has 2 aliphatic rings. The summed E-state index contributed by atoms with van der Waals surface area (Å²) in [4.78, 5) is 18.9. The molecule has 1 saturated heterocycles. The van der Waals surface area contributed by atoms with Crippen LogP contribution in [0.1, 0.15) is 35.2 Å². The number of aromatic hydroxyl groups is 1. The van der Waals surface area contributed by atoms with E-state index < -0.39 is 0 Å². The number of phenols is 1. The number of hydrogen-bond donors (Lipinski definition) is 2. The van der Waals surface area contributed by atoms with Crippen molar-refractivity contribution in [1.82, 2.24) is 10.3 Å². The van der Waals surface area contributed by atoms with E-state index in [9.17, 15) is 9.90 Å². The summed E-state index contributed by atoms with van der Waals surface area (Å²) in [7, 11) is 0. The van der Waals surface area contributed by atoms with Crippen molar-refractivity contribution in [2.75, 3.05) is 18.0 Å². The molecule has 1 amide bonds. The third-order valence-corrected chi connectivity index (χ3v) is 4.99. The SMILES string of the molecule is O=C(NC1CC1)c1ccnc(N2CCC(Cc3ccc(O)cc3)C2)c1. The van der Waals surface area contributed by atoms with Crippen LogP contribution in [0.15, 0.2) is 42.6 Å². The summed E-state index contributed by atoms with van der Waals surface area (Å²) in [5.74, 6) is 1.76. The number of benzene rings is 1. The molecule has 1 aliphatic carbocycles. The van der Waals surface area contributed by atoms with Gasteiger partial charge in [0, 0.05) is 30.9 Å². The van der Waals surface area contributed by atoms with Gasteiger partial charge in [-0.1, -0.05) is 12.1 Å². The minimum atomic E-state index is 0.00555. The lowest BCUT2D eigenvalue weighted by Crippen LogP contribution is -2.26. The molecule has 1 saturated carbocycles. The number of pyridine rings is 1. The molecular weight excluding hydrogens is 314 g/mol. The molecule has 130 valence electrons. The number of phenolic OH excluding ortho intramolecular Hbond substituents is 1. The van der Waals surface area contributed by atoms with E-state index in [1.165, 1.54) is 5.56 Å². The Labute approximate surface area is 147 Å². The molecular formula is C20H23N3O2. The van der Waals surface area contributed by atoms with E-state index in [4.69, 9.17) is 0 Å². The summed E-state index contributed by atoms with van der Waals surface area (Å²) in [5.41, 5.74) is 1.94. The maximum Gasteiger partial charge on any atom is 0.251 e. The monoisotopic (exact) mass is 337 g/mol. The van der Waals surface area contributed by atoms with Crippen LogP contribution in [0.2, 0.25) is 0 Å². The van der Waals surface area contributed by atoms with Gasteiger partial charge < -0.3 is 15.3 Å². The molecule has 2 aromatic rings. The highest BCUT2D eigenvalue weighted by molar-refractivity contribution is 5.95. The fraction of sp³-hybridized carbons (Fsp3) is 0.400. The largest absolute Gasteiger partial charge is 0.508 e. The number of carbonyl (C=O) groups is 1. The van der Waals surface area contributed by atoms with Crippen LogP contribution in [-0.4, -0.2) is 35.1 Å². The summed E-state index contributed by atoms with van der Waals surface area (Å²) in [6, 6.07) is 11.5. The predicted molar refractivity (Wildman–Crippen MR) is 96.9 cm³/mol. The predicted octanol–water partition coefficient (Wildman–Crippen LogP) is 2.75. The first-order chi connectivity index (χ1) is 12.2. The van der Waals surface area contributed by atoms with Gasteiger partial charge in [0.25, 0.3) is 5.91 Å². The van der Waals surface area contributed by atoms with E-state index in [0.717, 1.165) is 44.6 Å². The minimum Gasteiger partial charge on any atom is -0.508 e. The lowest BCUT2D eigenvalue weighted by Gasteiger charge is -2.18. The third-order valence-electron chi connectivity index (χ3n) is 4.99. The summed E-state index contributed by atoms with van der Waals surface area (Å²) < 4.78 is 0. The van der Waals surface area contributed by atoms with Gasteiger partial charge in [-0.25, -0.2) is 4.98 Å². The second kappa shape index (κ2) is 6.75. The molecule has 1 atom stereocenters. The molecule has 2 heterocycles. The Morgan fingerprint density at radius 3 is 2.76 bits per heavy atom. The molecule has 5 nitrogen and oxygen atoms in total. The van der Waals surface area contributed by atoms with E-state index in [0.29, 0.717) is 23.3 Å². The van der Waals surface area contributed by atoms with Crippen molar-refractivity contribution < 1.29 is 9.90 Å². The van der Waals surface area contributed by atoms with E-state index in [2.05, 4.69) is 15.2 Å². The van der Waals surface area contributed by atoms with Crippen molar-refractivity contribution >= 4 is 11.7 Å². The quantitative estimate of drug-likeness (QED) is 0.880. The van der Waals surface area contributed by atoms with Crippen molar-refractivity contribution in [3.63, 3.8) is 0 Å². The zero-order valence-electron chi connectivity index (χ0n) is 14.2. The molecule has 5 heteroatoms. The zero-order chi connectivity index (χ0) is 17.2. The number of amides is 1. The Morgan fingerprint density at radius 2 is 2.00 bits per heavy atom. The Balaban J connectivity index is 1.39. The topological polar surface area (TPSA) is 65.5 Å². The van der Waals surface area contributed by atoms with Crippen LogP contribution < -0.4 is 10.2 Å². The van der Waals surface area contributed by atoms with Gasteiger partial charge in [0.15, 0.2) is 0 Å². The molecule has 0 bridgehead atoms. The van der Waals surface area contributed by atoms with Crippen molar-refractivity contribution in [3.05, 3.63) is 53.7 Å². The van der Waals surface area contributed by atoms with Crippen molar-refractivity contribution in [1.29, 1.82) is 0 Å².